The molecule has 1 aromatic heterocycles. The highest BCUT2D eigenvalue weighted by atomic mass is 35.5. The molecule has 0 aliphatic rings. The number of benzene rings is 2. The van der Waals surface area contributed by atoms with E-state index < -0.39 is 11.7 Å². The van der Waals surface area contributed by atoms with Gasteiger partial charge in [0.05, 0.1) is 17.1 Å². The van der Waals surface area contributed by atoms with Crippen LogP contribution in [-0.2, 0) is 6.54 Å². The Kier molecular flexibility index (Phi) is 4.78. The van der Waals surface area contributed by atoms with Crippen LogP contribution in [0.15, 0.2) is 46.9 Å². The van der Waals surface area contributed by atoms with Crippen LogP contribution < -0.4 is 5.32 Å². The first kappa shape index (κ1) is 16.4. The van der Waals surface area contributed by atoms with Gasteiger partial charge >= 0.3 is 0 Å². The predicted octanol–water partition coefficient (Wildman–Crippen LogP) is 4.11. The van der Waals surface area contributed by atoms with E-state index in [9.17, 15) is 9.18 Å². The van der Waals surface area contributed by atoms with Crippen molar-refractivity contribution >= 4 is 29.1 Å². The minimum atomic E-state index is -0.701. The van der Waals surface area contributed by atoms with E-state index in [2.05, 4.69) is 15.5 Å². The zero-order chi connectivity index (χ0) is 17.1. The van der Waals surface area contributed by atoms with Crippen molar-refractivity contribution in [2.45, 2.75) is 6.54 Å². The molecule has 24 heavy (non-hydrogen) atoms. The summed E-state index contributed by atoms with van der Waals surface area (Å²) in [6, 6.07) is 10.9. The van der Waals surface area contributed by atoms with Gasteiger partial charge in [-0.25, -0.2) is 4.39 Å². The summed E-state index contributed by atoms with van der Waals surface area (Å²) in [5, 5.41) is 10.8. The molecule has 0 bridgehead atoms. The largest absolute Gasteiger partial charge is 0.419 e. The summed E-state index contributed by atoms with van der Waals surface area (Å²) in [6.07, 6.45) is 0. The first-order valence-corrected chi connectivity index (χ1v) is 7.60. The number of halogens is 3. The van der Waals surface area contributed by atoms with E-state index >= 15 is 0 Å². The highest BCUT2D eigenvalue weighted by Gasteiger charge is 2.16. The summed E-state index contributed by atoms with van der Waals surface area (Å²) in [7, 11) is 0. The number of nitrogens with one attached hydrogen (secondary N) is 1. The fourth-order valence-electron chi connectivity index (χ4n) is 1.99. The lowest BCUT2D eigenvalue weighted by atomic mass is 10.2. The number of rotatable bonds is 4. The molecule has 5 nitrogen and oxygen atoms in total. The van der Waals surface area contributed by atoms with Gasteiger partial charge in [-0.05, 0) is 36.4 Å². The maximum absolute atomic E-state index is 13.7. The van der Waals surface area contributed by atoms with Crippen molar-refractivity contribution < 1.29 is 13.6 Å². The molecule has 0 aliphatic carbocycles. The predicted molar refractivity (Wildman–Crippen MR) is 87.3 cm³/mol. The third-order valence-electron chi connectivity index (χ3n) is 3.15. The minimum absolute atomic E-state index is 0.0277. The van der Waals surface area contributed by atoms with Crippen LogP contribution in [0.4, 0.5) is 4.39 Å². The molecule has 8 heteroatoms. The van der Waals surface area contributed by atoms with E-state index in [-0.39, 0.29) is 23.0 Å². The van der Waals surface area contributed by atoms with Gasteiger partial charge in [0.1, 0.15) is 5.82 Å². The lowest BCUT2D eigenvalue weighted by Crippen LogP contribution is -2.24. The standard InChI is InChI=1S/C16H10Cl2FN3O2/c17-10-6-4-9(5-7-10)16-22-21-13(24-16)8-20-15(23)14-11(18)2-1-3-12(14)19/h1-7H,8H2,(H,20,23). The second kappa shape index (κ2) is 6.98. The SMILES string of the molecule is O=C(NCc1nnc(-c2ccc(Cl)cc2)o1)c1c(F)cccc1Cl. The molecule has 0 saturated carbocycles. The molecular formula is C16H10Cl2FN3O2. The van der Waals surface area contributed by atoms with Crippen molar-refractivity contribution in [3.8, 4) is 11.5 Å². The summed E-state index contributed by atoms with van der Waals surface area (Å²) in [5.41, 5.74) is 0.471. The minimum Gasteiger partial charge on any atom is -0.419 e. The average molecular weight is 366 g/mol. The monoisotopic (exact) mass is 365 g/mol. The molecule has 0 saturated heterocycles. The van der Waals surface area contributed by atoms with Gasteiger partial charge in [0.25, 0.3) is 5.91 Å². The molecule has 3 rings (SSSR count). The highest BCUT2D eigenvalue weighted by molar-refractivity contribution is 6.33. The van der Waals surface area contributed by atoms with Crippen molar-refractivity contribution in [2.24, 2.45) is 0 Å². The first-order valence-electron chi connectivity index (χ1n) is 6.85. The van der Waals surface area contributed by atoms with E-state index in [4.69, 9.17) is 27.6 Å². The molecule has 122 valence electrons. The van der Waals surface area contributed by atoms with Gasteiger partial charge in [0.15, 0.2) is 0 Å². The Morgan fingerprint density at radius 2 is 1.88 bits per heavy atom. The van der Waals surface area contributed by atoms with Gasteiger partial charge in [-0.3, -0.25) is 4.79 Å². The van der Waals surface area contributed by atoms with Crippen molar-refractivity contribution in [1.29, 1.82) is 0 Å². The van der Waals surface area contributed by atoms with Gasteiger partial charge < -0.3 is 9.73 Å². The number of hydrogen-bond donors (Lipinski definition) is 1. The quantitative estimate of drug-likeness (QED) is 0.755. The van der Waals surface area contributed by atoms with Crippen LogP contribution in [0.25, 0.3) is 11.5 Å². The zero-order valence-electron chi connectivity index (χ0n) is 12.1. The van der Waals surface area contributed by atoms with Gasteiger partial charge in [-0.1, -0.05) is 29.3 Å². The molecule has 0 unspecified atom stereocenters. The number of nitrogens with zero attached hydrogens (tertiary/aromatic N) is 2. The normalized spacial score (nSPS) is 10.6. The molecule has 0 aliphatic heterocycles. The molecule has 1 amide bonds. The third-order valence-corrected chi connectivity index (χ3v) is 3.71. The molecule has 0 fully saturated rings. The van der Waals surface area contributed by atoms with Crippen molar-refractivity contribution in [1.82, 2.24) is 15.5 Å². The second-order valence-electron chi connectivity index (χ2n) is 4.79. The Labute approximate surface area is 146 Å². The molecule has 0 radical (unpaired) electrons. The summed E-state index contributed by atoms with van der Waals surface area (Å²) >= 11 is 11.7. The maximum atomic E-state index is 13.7. The van der Waals surface area contributed by atoms with Gasteiger partial charge in [-0.15, -0.1) is 10.2 Å². The van der Waals surface area contributed by atoms with Crippen LogP contribution in [-0.4, -0.2) is 16.1 Å². The fourth-order valence-corrected chi connectivity index (χ4v) is 2.37. The number of carbonyl (C=O) groups is 1. The Hall–Kier alpha value is -2.44. The third kappa shape index (κ3) is 3.55. The Morgan fingerprint density at radius 3 is 2.58 bits per heavy atom. The smallest absolute Gasteiger partial charge is 0.256 e. The maximum Gasteiger partial charge on any atom is 0.256 e. The summed E-state index contributed by atoms with van der Waals surface area (Å²) in [4.78, 5) is 12.0. The second-order valence-corrected chi connectivity index (χ2v) is 5.63. The van der Waals surface area contributed by atoms with E-state index in [0.29, 0.717) is 16.5 Å². The van der Waals surface area contributed by atoms with Crippen molar-refractivity contribution in [2.75, 3.05) is 0 Å². The van der Waals surface area contributed by atoms with E-state index in [1.807, 2.05) is 0 Å². The zero-order valence-corrected chi connectivity index (χ0v) is 13.6. The summed E-state index contributed by atoms with van der Waals surface area (Å²) in [6.45, 7) is -0.0515. The topological polar surface area (TPSA) is 68.0 Å². The molecule has 1 N–H and O–H groups in total. The number of carbonyl (C=O) groups excluding carboxylic acids is 1. The van der Waals surface area contributed by atoms with Crippen LogP contribution >= 0.6 is 23.2 Å². The van der Waals surface area contributed by atoms with E-state index in [1.165, 1.54) is 12.1 Å². The van der Waals surface area contributed by atoms with Crippen molar-refractivity contribution in [3.05, 3.63) is 69.8 Å². The van der Waals surface area contributed by atoms with Crippen LogP contribution in [0.1, 0.15) is 16.2 Å². The molecule has 2 aromatic carbocycles. The van der Waals surface area contributed by atoms with E-state index in [1.54, 1.807) is 24.3 Å². The average Bonchev–Trinajstić information content (AvgIpc) is 3.02. The van der Waals surface area contributed by atoms with Crippen LogP contribution in [0, 0.1) is 5.82 Å². The van der Waals surface area contributed by atoms with Gasteiger partial charge in [0, 0.05) is 10.6 Å². The molecule has 1 heterocycles. The number of aromatic nitrogens is 2. The Balaban J connectivity index is 1.69. The Morgan fingerprint density at radius 1 is 1.12 bits per heavy atom. The van der Waals surface area contributed by atoms with E-state index in [0.717, 1.165) is 6.07 Å². The first-order chi connectivity index (χ1) is 11.5. The molecule has 0 spiro atoms. The highest BCUT2D eigenvalue weighted by Crippen LogP contribution is 2.21. The van der Waals surface area contributed by atoms with Gasteiger partial charge in [0.2, 0.25) is 11.8 Å². The Bertz CT molecular complexity index is 861. The van der Waals surface area contributed by atoms with Crippen LogP contribution in [0.2, 0.25) is 10.0 Å². The summed E-state index contributed by atoms with van der Waals surface area (Å²) in [5.74, 6) is -0.891. The van der Waals surface area contributed by atoms with Crippen LogP contribution in [0.5, 0.6) is 0 Å². The van der Waals surface area contributed by atoms with Gasteiger partial charge in [-0.2, -0.15) is 0 Å². The lowest BCUT2D eigenvalue weighted by molar-refractivity contribution is 0.0943. The number of hydrogen-bond acceptors (Lipinski definition) is 4. The molecule has 0 atom stereocenters. The fraction of sp³-hybridized carbons (Fsp3) is 0.0625. The lowest BCUT2D eigenvalue weighted by Gasteiger charge is -2.05. The number of amides is 1. The molecule has 3 aromatic rings. The van der Waals surface area contributed by atoms with Crippen molar-refractivity contribution in [3.63, 3.8) is 0 Å². The van der Waals surface area contributed by atoms with Crippen LogP contribution in [0.3, 0.4) is 0 Å². The summed E-state index contributed by atoms with van der Waals surface area (Å²) < 4.78 is 19.1. The molecular weight excluding hydrogens is 356 g/mol.